The van der Waals surface area contributed by atoms with Gasteiger partial charge in [0.2, 0.25) is 0 Å². The Bertz CT molecular complexity index is 395. The van der Waals surface area contributed by atoms with Crippen molar-refractivity contribution in [3.8, 4) is 0 Å². The van der Waals surface area contributed by atoms with Gasteiger partial charge in [-0.15, -0.1) is 11.3 Å². The third-order valence-electron chi connectivity index (χ3n) is 2.32. The molecule has 0 aromatic carbocycles. The zero-order valence-corrected chi connectivity index (χ0v) is 10.6. The van der Waals surface area contributed by atoms with Crippen LogP contribution in [0, 0.1) is 0 Å². The molecule has 0 unspecified atom stereocenters. The maximum atomic E-state index is 11.8. The Hall–Kier alpha value is -0.940. The average molecular weight is 240 g/mol. The van der Waals surface area contributed by atoms with Crippen molar-refractivity contribution in [1.82, 2.24) is 10.3 Å². The smallest absolute Gasteiger partial charge is 0.324 e. The summed E-state index contributed by atoms with van der Waals surface area (Å²) in [6, 6.07) is -0.256. The molecule has 2 rings (SSSR count). The quantitative estimate of drug-likeness (QED) is 0.756. The summed E-state index contributed by atoms with van der Waals surface area (Å²) in [6.07, 6.45) is 0.633. The van der Waals surface area contributed by atoms with Crippen LogP contribution in [0.4, 0.5) is 0 Å². The van der Waals surface area contributed by atoms with Crippen LogP contribution in [0.1, 0.15) is 31.3 Å². The molecule has 1 aliphatic rings. The second-order valence-corrected chi connectivity index (χ2v) is 5.83. The lowest BCUT2D eigenvalue weighted by Crippen LogP contribution is -2.44. The van der Waals surface area contributed by atoms with Crippen LogP contribution in [-0.4, -0.2) is 22.6 Å². The first-order valence-corrected chi connectivity index (χ1v) is 6.21. The minimum atomic E-state index is -0.429. The van der Waals surface area contributed by atoms with Crippen LogP contribution in [-0.2, 0) is 22.5 Å². The molecule has 1 aromatic heterocycles. The van der Waals surface area contributed by atoms with Crippen LogP contribution >= 0.6 is 11.3 Å². The van der Waals surface area contributed by atoms with E-state index in [0.717, 1.165) is 5.69 Å². The van der Waals surface area contributed by atoms with Gasteiger partial charge in [-0.05, 0) is 20.8 Å². The summed E-state index contributed by atoms with van der Waals surface area (Å²) in [7, 11) is 0. The molecular formula is C11H16N2O2S. The minimum absolute atomic E-state index is 0.189. The summed E-state index contributed by atoms with van der Waals surface area (Å²) >= 11 is 1.63. The fourth-order valence-electron chi connectivity index (χ4n) is 1.62. The van der Waals surface area contributed by atoms with E-state index in [1.54, 1.807) is 11.3 Å². The molecule has 0 aliphatic carbocycles. The standard InChI is InChI=1S/C11H16N2O2S/c1-11(2,3)15-10(14)8-4-7-9(5-12-8)16-6-13-7/h6,8,12H,4-5H2,1-3H3/t8-/m0/s1. The fraction of sp³-hybridized carbons (Fsp3) is 0.636. The Balaban J connectivity index is 2.01. The molecule has 0 fully saturated rings. The first-order chi connectivity index (χ1) is 7.46. The molecule has 1 N–H and O–H groups in total. The Morgan fingerprint density at radius 1 is 1.62 bits per heavy atom. The predicted molar refractivity (Wildman–Crippen MR) is 62.3 cm³/mol. The van der Waals surface area contributed by atoms with Crippen molar-refractivity contribution >= 4 is 17.3 Å². The maximum Gasteiger partial charge on any atom is 0.324 e. The number of nitrogens with zero attached hydrogens (tertiary/aromatic N) is 1. The average Bonchev–Trinajstić information content (AvgIpc) is 2.61. The van der Waals surface area contributed by atoms with Crippen LogP contribution in [0.3, 0.4) is 0 Å². The van der Waals surface area contributed by atoms with Gasteiger partial charge in [0.05, 0.1) is 11.2 Å². The highest BCUT2D eigenvalue weighted by Crippen LogP contribution is 2.20. The van der Waals surface area contributed by atoms with Crippen LogP contribution in [0.15, 0.2) is 5.51 Å². The lowest BCUT2D eigenvalue weighted by molar-refractivity contribution is -0.157. The number of hydrogen-bond acceptors (Lipinski definition) is 5. The molecule has 0 saturated heterocycles. The predicted octanol–water partition coefficient (Wildman–Crippen LogP) is 1.50. The van der Waals surface area contributed by atoms with E-state index in [4.69, 9.17) is 4.74 Å². The zero-order valence-electron chi connectivity index (χ0n) is 9.74. The Morgan fingerprint density at radius 2 is 2.38 bits per heavy atom. The van der Waals surface area contributed by atoms with Crippen molar-refractivity contribution in [2.75, 3.05) is 0 Å². The number of thiazole rings is 1. The van der Waals surface area contributed by atoms with Gasteiger partial charge in [0.25, 0.3) is 0 Å². The van der Waals surface area contributed by atoms with Gasteiger partial charge >= 0.3 is 5.97 Å². The second kappa shape index (κ2) is 4.14. The summed E-state index contributed by atoms with van der Waals surface area (Å²) < 4.78 is 5.34. The number of nitrogens with one attached hydrogen (secondary N) is 1. The number of fused-ring (bicyclic) bond motifs is 1. The largest absolute Gasteiger partial charge is 0.459 e. The van der Waals surface area contributed by atoms with E-state index in [9.17, 15) is 4.79 Å². The molecule has 16 heavy (non-hydrogen) atoms. The SMILES string of the molecule is CC(C)(C)OC(=O)[C@@H]1Cc2ncsc2CN1. The number of carbonyl (C=O) groups excluding carboxylic acids is 1. The number of ether oxygens (including phenoxy) is 1. The van der Waals surface area contributed by atoms with Gasteiger partial charge in [0, 0.05) is 17.8 Å². The van der Waals surface area contributed by atoms with Crippen molar-refractivity contribution in [3.05, 3.63) is 16.1 Å². The zero-order chi connectivity index (χ0) is 11.8. The van der Waals surface area contributed by atoms with E-state index in [1.165, 1.54) is 4.88 Å². The van der Waals surface area contributed by atoms with Crippen molar-refractivity contribution in [2.24, 2.45) is 0 Å². The summed E-state index contributed by atoms with van der Waals surface area (Å²) in [5, 5.41) is 3.18. The van der Waals surface area contributed by atoms with Gasteiger partial charge in [0.15, 0.2) is 0 Å². The van der Waals surface area contributed by atoms with Crippen LogP contribution in [0.25, 0.3) is 0 Å². The molecule has 0 amide bonds. The lowest BCUT2D eigenvalue weighted by atomic mass is 10.1. The van der Waals surface area contributed by atoms with Gasteiger partial charge in [0.1, 0.15) is 11.6 Å². The molecule has 1 atom stereocenters. The molecule has 0 spiro atoms. The molecule has 0 radical (unpaired) electrons. The fourth-order valence-corrected chi connectivity index (χ4v) is 2.37. The van der Waals surface area contributed by atoms with Crippen LogP contribution < -0.4 is 5.32 Å². The van der Waals surface area contributed by atoms with Crippen molar-refractivity contribution in [1.29, 1.82) is 0 Å². The molecule has 1 aromatic rings. The number of aromatic nitrogens is 1. The second-order valence-electron chi connectivity index (χ2n) is 4.89. The minimum Gasteiger partial charge on any atom is -0.459 e. The molecule has 5 heteroatoms. The normalized spacial score (nSPS) is 20.3. The molecular weight excluding hydrogens is 224 g/mol. The Morgan fingerprint density at radius 3 is 3.06 bits per heavy atom. The Labute approximate surface area is 99.0 Å². The van der Waals surface area contributed by atoms with E-state index in [1.807, 2.05) is 26.3 Å². The summed E-state index contributed by atoms with van der Waals surface area (Å²) in [4.78, 5) is 17.3. The van der Waals surface area contributed by atoms with Gasteiger partial charge < -0.3 is 4.74 Å². The van der Waals surface area contributed by atoms with Gasteiger partial charge in [-0.3, -0.25) is 10.1 Å². The maximum absolute atomic E-state index is 11.8. The monoisotopic (exact) mass is 240 g/mol. The third kappa shape index (κ3) is 2.59. The van der Waals surface area contributed by atoms with Gasteiger partial charge in [-0.1, -0.05) is 0 Å². The van der Waals surface area contributed by atoms with Crippen LogP contribution in [0.5, 0.6) is 0 Å². The van der Waals surface area contributed by atoms with E-state index in [0.29, 0.717) is 13.0 Å². The Kier molecular flexibility index (Phi) is 2.99. The van der Waals surface area contributed by atoms with E-state index >= 15 is 0 Å². The molecule has 0 bridgehead atoms. The lowest BCUT2D eigenvalue weighted by Gasteiger charge is -2.26. The molecule has 0 saturated carbocycles. The van der Waals surface area contributed by atoms with Gasteiger partial charge in [-0.2, -0.15) is 0 Å². The van der Waals surface area contributed by atoms with Gasteiger partial charge in [-0.25, -0.2) is 4.98 Å². The molecule has 2 heterocycles. The first kappa shape index (κ1) is 11.5. The highest BCUT2D eigenvalue weighted by molar-refractivity contribution is 7.09. The highest BCUT2D eigenvalue weighted by atomic mass is 32.1. The number of hydrogen-bond donors (Lipinski definition) is 1. The van der Waals surface area contributed by atoms with E-state index < -0.39 is 5.60 Å². The number of carbonyl (C=O) groups is 1. The highest BCUT2D eigenvalue weighted by Gasteiger charge is 2.29. The van der Waals surface area contributed by atoms with E-state index in [2.05, 4.69) is 10.3 Å². The summed E-state index contributed by atoms with van der Waals surface area (Å²) in [6.45, 7) is 6.34. The third-order valence-corrected chi connectivity index (χ3v) is 3.20. The topological polar surface area (TPSA) is 51.2 Å². The number of rotatable bonds is 1. The summed E-state index contributed by atoms with van der Waals surface area (Å²) in [5.74, 6) is -0.189. The number of esters is 1. The van der Waals surface area contributed by atoms with E-state index in [-0.39, 0.29) is 12.0 Å². The first-order valence-electron chi connectivity index (χ1n) is 5.33. The van der Waals surface area contributed by atoms with Crippen LogP contribution in [0.2, 0.25) is 0 Å². The molecule has 1 aliphatic heterocycles. The molecule has 88 valence electrons. The summed E-state index contributed by atoms with van der Waals surface area (Å²) in [5.41, 5.74) is 2.42. The molecule has 4 nitrogen and oxygen atoms in total. The van der Waals surface area contributed by atoms with Crippen molar-refractivity contribution in [3.63, 3.8) is 0 Å². The van der Waals surface area contributed by atoms with Crippen molar-refractivity contribution < 1.29 is 9.53 Å². The van der Waals surface area contributed by atoms with Crippen molar-refractivity contribution in [2.45, 2.75) is 45.4 Å².